The highest BCUT2D eigenvalue weighted by Gasteiger charge is 2.39. The van der Waals surface area contributed by atoms with Crippen LogP contribution in [0.5, 0.6) is 11.5 Å². The van der Waals surface area contributed by atoms with E-state index in [-0.39, 0.29) is 46.5 Å². The van der Waals surface area contributed by atoms with Gasteiger partial charge >= 0.3 is 30.7 Å². The number of fused-ring (bicyclic) bond motifs is 3. The highest BCUT2D eigenvalue weighted by atomic mass is 35.5. The van der Waals surface area contributed by atoms with Crippen LogP contribution < -0.4 is 19.5 Å². The maximum atomic E-state index is 13.6. The predicted molar refractivity (Wildman–Crippen MR) is 218 cm³/mol. The number of rotatable bonds is 17. The minimum absolute atomic E-state index is 0.0172. The Balaban J connectivity index is 0.000000871. The van der Waals surface area contributed by atoms with Crippen molar-refractivity contribution in [2.75, 3.05) is 26.2 Å². The molecule has 4 heterocycles. The molecule has 1 saturated carbocycles. The van der Waals surface area contributed by atoms with Crippen molar-refractivity contribution in [1.82, 2.24) is 10.2 Å². The third-order valence-corrected chi connectivity index (χ3v) is 11.5. The van der Waals surface area contributed by atoms with Crippen LogP contribution in [-0.4, -0.2) is 73.0 Å². The molecule has 3 saturated heterocycles. The molecule has 12 nitrogen and oxygen atoms in total. The lowest BCUT2D eigenvalue weighted by molar-refractivity contribution is -0.605. The van der Waals surface area contributed by atoms with Crippen LogP contribution in [0.4, 0.5) is 22.0 Å². The van der Waals surface area contributed by atoms with Gasteiger partial charge in [0.15, 0.2) is 23.9 Å². The van der Waals surface area contributed by atoms with Gasteiger partial charge in [0.05, 0.1) is 13.0 Å². The summed E-state index contributed by atoms with van der Waals surface area (Å²) in [5, 5.41) is 22.6. The van der Waals surface area contributed by atoms with Crippen molar-refractivity contribution in [3.63, 3.8) is 0 Å². The fraction of sp³-hybridized carbons (Fsp3) is 0.409. The molecule has 2 unspecified atom stereocenters. The summed E-state index contributed by atoms with van der Waals surface area (Å²) in [6, 6.07) is 20.6. The predicted octanol–water partition coefficient (Wildman–Crippen LogP) is 8.19. The van der Waals surface area contributed by atoms with E-state index in [0.717, 1.165) is 68.8 Å². The van der Waals surface area contributed by atoms with E-state index in [0.29, 0.717) is 46.4 Å². The Kier molecular flexibility index (Phi) is 16.1. The second kappa shape index (κ2) is 21.4. The van der Waals surface area contributed by atoms with Crippen molar-refractivity contribution in [3.8, 4) is 11.5 Å². The lowest BCUT2D eigenvalue weighted by Gasteiger charge is -2.44. The Morgan fingerprint density at radius 2 is 1.52 bits per heavy atom. The summed E-state index contributed by atoms with van der Waals surface area (Å²) in [5.41, 5.74) is 3.18. The number of nitrogens with zero attached hydrogens (tertiary/aromatic N) is 2. The molecule has 338 valence electrons. The lowest BCUT2D eigenvalue weighted by Crippen LogP contribution is -2.52. The van der Waals surface area contributed by atoms with Gasteiger partial charge in [-0.05, 0) is 85.0 Å². The topological polar surface area (TPSA) is 151 Å². The third kappa shape index (κ3) is 13.9. The molecule has 1 aliphatic carbocycles. The molecule has 0 amide bonds. The summed E-state index contributed by atoms with van der Waals surface area (Å²) in [5.74, 6) is -2.96. The van der Waals surface area contributed by atoms with Gasteiger partial charge in [0, 0.05) is 25.1 Å². The molecular formula is C44H44Cl2F5N3O9. The number of alkyl halides is 5. The number of carbonyl (C=O) groups is 3. The van der Waals surface area contributed by atoms with Gasteiger partial charge < -0.3 is 29.3 Å². The minimum Gasteiger partial charge on any atom is -0.619 e. The molecule has 4 aliphatic rings. The zero-order valence-corrected chi connectivity index (χ0v) is 35.1. The molecule has 4 aromatic rings. The maximum absolute atomic E-state index is 13.6. The van der Waals surface area contributed by atoms with E-state index in [9.17, 15) is 36.7 Å². The number of aromatic nitrogens is 1. The normalized spacial score (nSPS) is 19.0. The summed E-state index contributed by atoms with van der Waals surface area (Å²) in [6.45, 7) is 0.522. The van der Waals surface area contributed by atoms with Gasteiger partial charge in [0.1, 0.15) is 28.3 Å². The Morgan fingerprint density at radius 1 is 0.889 bits per heavy atom. The highest BCUT2D eigenvalue weighted by Crippen LogP contribution is 2.38. The average Bonchev–Trinajstić information content (AvgIpc) is 4.07. The summed E-state index contributed by atoms with van der Waals surface area (Å²) >= 11 is 12.8. The standard InChI is InChI=1S/C42H43Cl2F2N3O7.C2HF3O2/c43-33-22-49(52)23-34(44)32(33)20-36(31-12-13-35(56-42(45)46)37(19-31)53-25-28-10-11-28)54-39(50)18-26-6-8-27(9-7-26)21-47-40(30-4-2-1-3-5-30)41(51)55-38-24-48-16-14-29(38)15-17-48;3-2(4,5)1(6)7/h1-9,12-13,19,22-23,28-29,36,38,40,42,47H,10-11,14-18,20-21,24-25H2;(H,6,7)/t36?,38-,40?;/m0./s1. The zero-order chi connectivity index (χ0) is 45.3. The summed E-state index contributed by atoms with van der Waals surface area (Å²) in [4.78, 5) is 38.3. The van der Waals surface area contributed by atoms with E-state index in [1.54, 1.807) is 0 Å². The van der Waals surface area contributed by atoms with E-state index in [2.05, 4.69) is 10.2 Å². The van der Waals surface area contributed by atoms with E-state index in [1.807, 2.05) is 54.6 Å². The molecule has 19 heteroatoms. The summed E-state index contributed by atoms with van der Waals surface area (Å²) < 4.78 is 81.4. The molecule has 3 aliphatic heterocycles. The maximum Gasteiger partial charge on any atom is 0.490 e. The number of carboxylic acids is 1. The van der Waals surface area contributed by atoms with Crippen molar-refractivity contribution < 1.29 is 65.1 Å². The van der Waals surface area contributed by atoms with Crippen molar-refractivity contribution >= 4 is 41.1 Å². The Bertz CT molecular complexity index is 2170. The molecular weight excluding hydrogens is 880 g/mol. The number of nitrogens with one attached hydrogen (secondary N) is 1. The quantitative estimate of drug-likeness (QED) is 0.0457. The van der Waals surface area contributed by atoms with E-state index in [4.69, 9.17) is 52.1 Å². The van der Waals surface area contributed by atoms with Gasteiger partial charge in [-0.3, -0.25) is 15.0 Å². The fourth-order valence-corrected chi connectivity index (χ4v) is 7.87. The number of esters is 2. The monoisotopic (exact) mass is 923 g/mol. The van der Waals surface area contributed by atoms with Gasteiger partial charge in [0.25, 0.3) is 0 Å². The smallest absolute Gasteiger partial charge is 0.490 e. The molecule has 2 N–H and O–H groups in total. The van der Waals surface area contributed by atoms with Gasteiger partial charge in [-0.25, -0.2) is 9.59 Å². The molecule has 3 aromatic carbocycles. The molecule has 4 fully saturated rings. The zero-order valence-electron chi connectivity index (χ0n) is 33.6. The highest BCUT2D eigenvalue weighted by molar-refractivity contribution is 6.35. The lowest BCUT2D eigenvalue weighted by atomic mass is 9.86. The largest absolute Gasteiger partial charge is 0.619 e. The van der Waals surface area contributed by atoms with E-state index < -0.39 is 36.9 Å². The van der Waals surface area contributed by atoms with Crippen LogP contribution in [0, 0.1) is 17.0 Å². The van der Waals surface area contributed by atoms with Crippen molar-refractivity contribution in [1.29, 1.82) is 0 Å². The van der Waals surface area contributed by atoms with Crippen LogP contribution in [0.2, 0.25) is 10.0 Å². The number of halogens is 7. The molecule has 0 radical (unpaired) electrons. The Labute approximate surface area is 369 Å². The Morgan fingerprint density at radius 3 is 2.10 bits per heavy atom. The first kappa shape index (κ1) is 47.3. The third-order valence-electron chi connectivity index (χ3n) is 10.8. The first-order chi connectivity index (χ1) is 30.0. The second-order valence-electron chi connectivity index (χ2n) is 15.4. The van der Waals surface area contributed by atoms with Crippen molar-refractivity contribution in [2.24, 2.45) is 11.8 Å². The number of ether oxygens (including phenoxy) is 4. The molecule has 8 rings (SSSR count). The first-order valence-corrected chi connectivity index (χ1v) is 20.8. The molecule has 2 bridgehead atoms. The van der Waals surface area contributed by atoms with Crippen LogP contribution in [0.1, 0.15) is 65.6 Å². The number of aliphatic carboxylic acids is 1. The molecule has 1 aromatic heterocycles. The number of hydrogen-bond donors (Lipinski definition) is 2. The minimum atomic E-state index is -5.08. The van der Waals surface area contributed by atoms with Crippen LogP contribution in [0.3, 0.4) is 0 Å². The molecule has 63 heavy (non-hydrogen) atoms. The number of piperidine rings is 3. The number of carboxylic acid groups (broad SMARTS) is 1. The van der Waals surface area contributed by atoms with Crippen LogP contribution in [0.15, 0.2) is 85.2 Å². The fourth-order valence-electron chi connectivity index (χ4n) is 7.27. The van der Waals surface area contributed by atoms with Gasteiger partial charge in [0.2, 0.25) is 0 Å². The van der Waals surface area contributed by atoms with Crippen LogP contribution in [-0.2, 0) is 43.2 Å². The van der Waals surface area contributed by atoms with Crippen LogP contribution in [0.25, 0.3) is 0 Å². The van der Waals surface area contributed by atoms with E-state index >= 15 is 0 Å². The van der Waals surface area contributed by atoms with Gasteiger partial charge in [-0.15, -0.1) is 0 Å². The number of carbonyl (C=O) groups excluding carboxylic acids is 2. The molecule has 3 atom stereocenters. The second-order valence-corrected chi connectivity index (χ2v) is 16.3. The SMILES string of the molecule is O=C(Cc1ccc(CNC(C(=O)O[C@H]2CN3CCC2CC3)c2ccccc2)cc1)OC(Cc1c(Cl)c[n+]([O-])cc1Cl)c1ccc(OC(F)F)c(OCC2CC2)c1.O=C(O)C(F)(F)F. The van der Waals surface area contributed by atoms with Crippen molar-refractivity contribution in [2.45, 2.75) is 76.1 Å². The molecule has 0 spiro atoms. The first-order valence-electron chi connectivity index (χ1n) is 20.1. The van der Waals surface area contributed by atoms with E-state index in [1.165, 1.54) is 18.2 Å². The number of pyridine rings is 1. The van der Waals surface area contributed by atoms with Gasteiger partial charge in [-0.2, -0.15) is 26.7 Å². The Hall–Kier alpha value is -5.23. The average molecular weight is 925 g/mol. The van der Waals surface area contributed by atoms with Crippen LogP contribution >= 0.6 is 23.2 Å². The van der Waals surface area contributed by atoms with Crippen molar-refractivity contribution in [3.05, 3.63) is 128 Å². The summed E-state index contributed by atoms with van der Waals surface area (Å²) in [6.07, 6.45) is 0.0634. The van der Waals surface area contributed by atoms with Gasteiger partial charge in [-0.1, -0.05) is 83.9 Å². The number of benzene rings is 3. The summed E-state index contributed by atoms with van der Waals surface area (Å²) in [7, 11) is 0. The number of hydrogen-bond acceptors (Lipinski definition) is 10.